The largest absolute Gasteiger partial charge is 0.493 e. The first-order valence-electron chi connectivity index (χ1n) is 15.2. The third-order valence-corrected chi connectivity index (χ3v) is 8.75. The van der Waals surface area contributed by atoms with Crippen LogP contribution in [0.2, 0.25) is 0 Å². The lowest BCUT2D eigenvalue weighted by Gasteiger charge is -2.38. The maximum absolute atomic E-state index is 13.1. The number of ether oxygens (including phenoxy) is 3. The van der Waals surface area contributed by atoms with Crippen LogP contribution in [0.25, 0.3) is 0 Å². The Balaban J connectivity index is 0.00000882. The molecule has 0 aromatic heterocycles. The number of nitrogens with two attached hydrogens (primary N) is 1. The second kappa shape index (κ2) is 19.4. The molecular formula is C32H56ClN3O6. The van der Waals surface area contributed by atoms with Crippen LogP contribution < -0.4 is 21.1 Å². The van der Waals surface area contributed by atoms with E-state index in [1.54, 1.807) is 26.4 Å². The van der Waals surface area contributed by atoms with Crippen molar-refractivity contribution in [2.45, 2.75) is 90.9 Å². The summed E-state index contributed by atoms with van der Waals surface area (Å²) < 4.78 is 16.4. The lowest BCUT2D eigenvalue weighted by Crippen LogP contribution is -2.49. The minimum Gasteiger partial charge on any atom is -0.493 e. The van der Waals surface area contributed by atoms with Crippen molar-refractivity contribution in [1.29, 1.82) is 0 Å². The Bertz CT molecular complexity index is 923. The molecule has 242 valence electrons. The highest BCUT2D eigenvalue weighted by atomic mass is 35.5. The lowest BCUT2D eigenvalue weighted by atomic mass is 9.70. The van der Waals surface area contributed by atoms with Gasteiger partial charge in [-0.3, -0.25) is 9.59 Å². The Labute approximate surface area is 259 Å². The molecule has 0 aliphatic heterocycles. The van der Waals surface area contributed by atoms with Gasteiger partial charge in [-0.2, -0.15) is 0 Å². The number of amides is 2. The van der Waals surface area contributed by atoms with Crippen LogP contribution in [0.4, 0.5) is 0 Å². The van der Waals surface area contributed by atoms with E-state index in [0.717, 1.165) is 38.5 Å². The van der Waals surface area contributed by atoms with Crippen LogP contribution in [0.3, 0.4) is 0 Å². The van der Waals surface area contributed by atoms with Gasteiger partial charge in [-0.1, -0.05) is 39.8 Å². The van der Waals surface area contributed by atoms with Crippen molar-refractivity contribution in [2.75, 3.05) is 40.5 Å². The first-order chi connectivity index (χ1) is 19.5. The molecule has 1 aliphatic rings. The monoisotopic (exact) mass is 613 g/mol. The first kappa shape index (κ1) is 38.1. The van der Waals surface area contributed by atoms with Gasteiger partial charge in [0.15, 0.2) is 0 Å². The summed E-state index contributed by atoms with van der Waals surface area (Å²) in [6.07, 6.45) is 5.47. The maximum atomic E-state index is 13.1. The van der Waals surface area contributed by atoms with Crippen molar-refractivity contribution in [3.63, 3.8) is 0 Å². The van der Waals surface area contributed by atoms with Gasteiger partial charge in [0.25, 0.3) is 5.91 Å². The van der Waals surface area contributed by atoms with E-state index in [2.05, 4.69) is 24.5 Å². The van der Waals surface area contributed by atoms with Crippen molar-refractivity contribution in [3.8, 4) is 5.75 Å². The predicted molar refractivity (Wildman–Crippen MR) is 169 cm³/mol. The van der Waals surface area contributed by atoms with E-state index in [1.807, 2.05) is 26.0 Å². The lowest BCUT2D eigenvalue weighted by molar-refractivity contribution is -0.134. The summed E-state index contributed by atoms with van der Waals surface area (Å²) in [6, 6.07) is 6.69. The number of unbranched alkanes of at least 4 members (excludes halogenated alkanes) is 1. The molecule has 2 rings (SSSR count). The van der Waals surface area contributed by atoms with E-state index in [9.17, 15) is 14.7 Å². The molecule has 1 aromatic carbocycles. The number of aliphatic hydroxyl groups is 1. The van der Waals surface area contributed by atoms with Gasteiger partial charge >= 0.3 is 0 Å². The summed E-state index contributed by atoms with van der Waals surface area (Å²) >= 11 is 0. The van der Waals surface area contributed by atoms with Crippen molar-refractivity contribution >= 4 is 24.2 Å². The van der Waals surface area contributed by atoms with E-state index in [1.165, 1.54) is 0 Å². The van der Waals surface area contributed by atoms with Crippen LogP contribution in [0, 0.1) is 23.2 Å². The number of benzene rings is 1. The molecule has 1 saturated carbocycles. The highest BCUT2D eigenvalue weighted by Crippen LogP contribution is 2.39. The highest BCUT2D eigenvalue weighted by molar-refractivity contribution is 5.96. The number of nitrogens with one attached hydrogen (secondary N) is 2. The highest BCUT2D eigenvalue weighted by Gasteiger charge is 2.39. The van der Waals surface area contributed by atoms with Crippen LogP contribution >= 0.6 is 12.4 Å². The minimum atomic E-state index is -0.886. The van der Waals surface area contributed by atoms with Gasteiger partial charge in [-0.15, -0.1) is 12.4 Å². The molecule has 1 aromatic rings. The number of rotatable bonds is 18. The average Bonchev–Trinajstić information content (AvgIpc) is 2.97. The van der Waals surface area contributed by atoms with Crippen LogP contribution in [0.5, 0.6) is 5.75 Å². The molecule has 42 heavy (non-hydrogen) atoms. The van der Waals surface area contributed by atoms with E-state index in [4.69, 9.17) is 19.9 Å². The Morgan fingerprint density at radius 2 is 1.67 bits per heavy atom. The summed E-state index contributed by atoms with van der Waals surface area (Å²) in [4.78, 5) is 26.1. The van der Waals surface area contributed by atoms with Crippen molar-refractivity contribution in [2.24, 2.45) is 28.9 Å². The van der Waals surface area contributed by atoms with Crippen molar-refractivity contribution < 1.29 is 28.9 Å². The molecule has 5 N–H and O–H groups in total. The smallest absolute Gasteiger partial charge is 0.255 e. The number of para-hydroxylation sites is 1. The van der Waals surface area contributed by atoms with Gasteiger partial charge in [0, 0.05) is 45.4 Å². The van der Waals surface area contributed by atoms with Crippen LogP contribution in [-0.2, 0) is 14.3 Å². The molecule has 1 fully saturated rings. The van der Waals surface area contributed by atoms with E-state index < -0.39 is 17.6 Å². The first-order valence-corrected chi connectivity index (χ1v) is 15.2. The fourth-order valence-corrected chi connectivity index (χ4v) is 5.51. The van der Waals surface area contributed by atoms with E-state index in [0.29, 0.717) is 37.5 Å². The molecule has 10 heteroatoms. The number of halogens is 1. The second-order valence-electron chi connectivity index (χ2n) is 12.4. The van der Waals surface area contributed by atoms with Gasteiger partial charge in [-0.25, -0.2) is 0 Å². The summed E-state index contributed by atoms with van der Waals surface area (Å²) in [7, 11) is 3.42. The molecule has 9 nitrogen and oxygen atoms in total. The molecule has 1 aliphatic carbocycles. The standard InChI is InChI=1S/C32H55N3O6.ClH/c1-22(2)23(20-34-30(37)26-11-7-8-12-29(26)41-18-10-9-17-39-5)19-27(33)28(36)21-35-31(38)32(3,4)24-13-15-25(40-6)16-14-24;/h7-8,11-12,22-25,27-28,36H,9-10,13-21,33H2,1-6H3,(H,34,37)(H,35,38);1H/t23-,24-,25+,27+,28+;/m1./s1. The Hall–Kier alpha value is -1.91. The molecule has 0 radical (unpaired) electrons. The van der Waals surface area contributed by atoms with Gasteiger partial charge in [0.1, 0.15) is 5.75 Å². The number of carbonyl (C=O) groups is 2. The molecule has 2 amide bonds. The summed E-state index contributed by atoms with van der Waals surface area (Å²) in [5.41, 5.74) is 6.36. The molecular weight excluding hydrogens is 558 g/mol. The van der Waals surface area contributed by atoms with Crippen LogP contribution in [0.1, 0.15) is 83.0 Å². The molecule has 0 bridgehead atoms. The SMILES string of the molecule is COCCCCOc1ccccc1C(=O)NC[C@@H](C[C@H](N)[C@@H](O)CNC(=O)C(C)(C)[C@H]1CC[C@@H](OC)CC1)C(C)C.Cl. The molecule has 0 spiro atoms. The van der Waals surface area contributed by atoms with Gasteiger partial charge < -0.3 is 35.7 Å². The Morgan fingerprint density at radius 3 is 2.29 bits per heavy atom. The van der Waals surface area contributed by atoms with Crippen molar-refractivity contribution in [1.82, 2.24) is 10.6 Å². The zero-order valence-corrected chi connectivity index (χ0v) is 27.3. The topological polar surface area (TPSA) is 132 Å². The van der Waals surface area contributed by atoms with E-state index in [-0.39, 0.29) is 54.6 Å². The van der Waals surface area contributed by atoms with E-state index >= 15 is 0 Å². The Kier molecular flexibility index (Phi) is 17.6. The fraction of sp³-hybridized carbons (Fsp3) is 0.750. The van der Waals surface area contributed by atoms with Gasteiger partial charge in [0.2, 0.25) is 5.91 Å². The maximum Gasteiger partial charge on any atom is 0.255 e. The number of carbonyl (C=O) groups excluding carboxylic acids is 2. The van der Waals surface area contributed by atoms with Gasteiger partial charge in [-0.05, 0) is 74.8 Å². The summed E-state index contributed by atoms with van der Waals surface area (Å²) in [5.74, 6) is 0.856. The Morgan fingerprint density at radius 1 is 1.02 bits per heavy atom. The molecule has 0 saturated heterocycles. The zero-order chi connectivity index (χ0) is 30.4. The average molecular weight is 614 g/mol. The fourth-order valence-electron chi connectivity index (χ4n) is 5.51. The normalized spacial score (nSPS) is 19.4. The number of hydrogen-bond donors (Lipinski definition) is 4. The third-order valence-electron chi connectivity index (χ3n) is 8.75. The van der Waals surface area contributed by atoms with Crippen molar-refractivity contribution in [3.05, 3.63) is 29.8 Å². The van der Waals surface area contributed by atoms with Crippen LogP contribution in [0.15, 0.2) is 24.3 Å². The summed E-state index contributed by atoms with van der Waals surface area (Å²) in [5, 5.41) is 16.8. The molecule has 3 atom stereocenters. The number of methoxy groups -OCH3 is 2. The van der Waals surface area contributed by atoms with Gasteiger partial charge in [0.05, 0.1) is 24.4 Å². The quantitative estimate of drug-likeness (QED) is 0.181. The molecule has 0 heterocycles. The summed E-state index contributed by atoms with van der Waals surface area (Å²) in [6.45, 7) is 9.83. The second-order valence-corrected chi connectivity index (χ2v) is 12.4. The molecule has 0 unspecified atom stereocenters. The number of aliphatic hydroxyl groups excluding tert-OH is 1. The predicted octanol–water partition coefficient (Wildman–Crippen LogP) is 4.34. The zero-order valence-electron chi connectivity index (χ0n) is 26.5. The van der Waals surface area contributed by atoms with Crippen LogP contribution in [-0.4, -0.2) is 75.7 Å². The third kappa shape index (κ3) is 12.0. The number of hydrogen-bond acceptors (Lipinski definition) is 7. The minimum absolute atomic E-state index is 0.